The van der Waals surface area contributed by atoms with Gasteiger partial charge in [-0.1, -0.05) is 25.0 Å². The van der Waals surface area contributed by atoms with Crippen LogP contribution in [0.15, 0.2) is 42.7 Å². The van der Waals surface area contributed by atoms with E-state index in [4.69, 9.17) is 9.47 Å². The number of halogens is 2. The summed E-state index contributed by atoms with van der Waals surface area (Å²) in [6, 6.07) is 3.53. The molecule has 0 saturated carbocycles. The maximum atomic E-state index is 13.3. The van der Waals surface area contributed by atoms with Gasteiger partial charge < -0.3 is 9.47 Å². The molecule has 134 valence electrons. The molecule has 1 aliphatic rings. The fourth-order valence-electron chi connectivity index (χ4n) is 2.36. The maximum absolute atomic E-state index is 13.3. The third-order valence-electron chi connectivity index (χ3n) is 3.73. The van der Waals surface area contributed by atoms with Crippen molar-refractivity contribution in [3.63, 3.8) is 0 Å². The van der Waals surface area contributed by atoms with Gasteiger partial charge in [0.25, 0.3) is 0 Å². The molecule has 0 atom stereocenters. The SMILES string of the molecule is CCC=CC1COC(C#Cc2cnc(-c3ccc(F)c(F)c3)nc2)OC1. The standard InChI is InChI=1S/C20H18F2N2O2/c1-2-3-4-15-12-25-19(26-13-15)8-5-14-10-23-20(24-11-14)16-6-7-17(21)18(22)9-16/h3-4,6-7,9-11,15,19H,2,12-13H2,1H3. The van der Waals surface area contributed by atoms with Gasteiger partial charge in [0.15, 0.2) is 17.5 Å². The topological polar surface area (TPSA) is 44.2 Å². The lowest BCUT2D eigenvalue weighted by Gasteiger charge is -2.24. The lowest BCUT2D eigenvalue weighted by Crippen LogP contribution is -2.30. The molecule has 1 aliphatic heterocycles. The van der Waals surface area contributed by atoms with Crippen LogP contribution in [0.1, 0.15) is 18.9 Å². The van der Waals surface area contributed by atoms with Gasteiger partial charge in [-0.15, -0.1) is 0 Å². The van der Waals surface area contributed by atoms with E-state index in [1.165, 1.54) is 18.5 Å². The Morgan fingerprint density at radius 1 is 1.15 bits per heavy atom. The number of aromatic nitrogens is 2. The van der Waals surface area contributed by atoms with Gasteiger partial charge in [0.1, 0.15) is 0 Å². The Labute approximate surface area is 150 Å². The molecular formula is C20H18F2N2O2. The molecule has 1 aromatic carbocycles. The first-order valence-electron chi connectivity index (χ1n) is 8.34. The molecule has 1 fully saturated rings. The van der Waals surface area contributed by atoms with Crippen molar-refractivity contribution in [1.82, 2.24) is 9.97 Å². The van der Waals surface area contributed by atoms with Gasteiger partial charge in [-0.05, 0) is 30.5 Å². The highest BCUT2D eigenvalue weighted by atomic mass is 19.2. The molecular weight excluding hydrogens is 338 g/mol. The van der Waals surface area contributed by atoms with Crippen molar-refractivity contribution >= 4 is 0 Å². The van der Waals surface area contributed by atoms with Crippen LogP contribution in [-0.4, -0.2) is 29.5 Å². The Balaban J connectivity index is 1.61. The van der Waals surface area contributed by atoms with Gasteiger partial charge in [-0.3, -0.25) is 0 Å². The van der Waals surface area contributed by atoms with E-state index in [2.05, 4.69) is 40.9 Å². The number of allylic oxidation sites excluding steroid dienone is 1. The maximum Gasteiger partial charge on any atom is 0.222 e. The van der Waals surface area contributed by atoms with Crippen molar-refractivity contribution in [1.29, 1.82) is 0 Å². The molecule has 0 aliphatic carbocycles. The van der Waals surface area contributed by atoms with Gasteiger partial charge >= 0.3 is 0 Å². The molecule has 26 heavy (non-hydrogen) atoms. The van der Waals surface area contributed by atoms with Crippen LogP contribution in [0.4, 0.5) is 8.78 Å². The highest BCUT2D eigenvalue weighted by molar-refractivity contribution is 5.55. The summed E-state index contributed by atoms with van der Waals surface area (Å²) in [4.78, 5) is 8.27. The van der Waals surface area contributed by atoms with Gasteiger partial charge in [0, 0.05) is 23.9 Å². The highest BCUT2D eigenvalue weighted by Gasteiger charge is 2.18. The highest BCUT2D eigenvalue weighted by Crippen LogP contribution is 2.17. The minimum atomic E-state index is -0.936. The fraction of sp³-hybridized carbons (Fsp3) is 0.300. The molecule has 0 bridgehead atoms. The Morgan fingerprint density at radius 3 is 2.54 bits per heavy atom. The second-order valence-corrected chi connectivity index (χ2v) is 5.79. The average molecular weight is 356 g/mol. The smallest absolute Gasteiger partial charge is 0.222 e. The summed E-state index contributed by atoms with van der Waals surface area (Å²) in [6.07, 6.45) is 7.63. The molecule has 0 spiro atoms. The summed E-state index contributed by atoms with van der Waals surface area (Å²) in [5.74, 6) is 4.49. The lowest BCUT2D eigenvalue weighted by molar-refractivity contribution is -0.160. The third kappa shape index (κ3) is 4.72. The predicted octanol–water partition coefficient (Wildman–Crippen LogP) is 3.73. The van der Waals surface area contributed by atoms with E-state index in [-0.39, 0.29) is 5.92 Å². The number of ether oxygens (including phenoxy) is 2. The molecule has 3 rings (SSSR count). The number of rotatable bonds is 3. The van der Waals surface area contributed by atoms with E-state index >= 15 is 0 Å². The first kappa shape index (κ1) is 18.2. The minimum absolute atomic E-state index is 0.256. The number of hydrogen-bond donors (Lipinski definition) is 0. The largest absolute Gasteiger partial charge is 0.341 e. The van der Waals surface area contributed by atoms with Crippen LogP contribution in [0, 0.1) is 29.4 Å². The van der Waals surface area contributed by atoms with E-state index in [1.54, 1.807) is 0 Å². The van der Waals surface area contributed by atoms with E-state index in [9.17, 15) is 8.78 Å². The summed E-state index contributed by atoms with van der Waals surface area (Å²) in [5.41, 5.74) is 0.977. The van der Waals surface area contributed by atoms with Crippen LogP contribution in [0.2, 0.25) is 0 Å². The lowest BCUT2D eigenvalue weighted by atomic mass is 10.1. The molecule has 0 N–H and O–H groups in total. The summed E-state index contributed by atoms with van der Waals surface area (Å²) >= 11 is 0. The zero-order valence-electron chi connectivity index (χ0n) is 14.3. The van der Waals surface area contributed by atoms with Gasteiger partial charge in [0.05, 0.1) is 18.8 Å². The molecule has 2 heterocycles. The predicted molar refractivity (Wildman–Crippen MR) is 92.9 cm³/mol. The van der Waals surface area contributed by atoms with Gasteiger partial charge in [-0.2, -0.15) is 0 Å². The third-order valence-corrected chi connectivity index (χ3v) is 3.73. The van der Waals surface area contributed by atoms with E-state index < -0.39 is 17.9 Å². The molecule has 6 heteroatoms. The Bertz CT molecular complexity index is 833. The van der Waals surface area contributed by atoms with Crippen molar-refractivity contribution in [3.05, 3.63) is 59.9 Å². The van der Waals surface area contributed by atoms with Gasteiger partial charge in [-0.25, -0.2) is 18.7 Å². The van der Waals surface area contributed by atoms with Crippen LogP contribution >= 0.6 is 0 Å². The van der Waals surface area contributed by atoms with Crippen LogP contribution in [0.3, 0.4) is 0 Å². The van der Waals surface area contributed by atoms with Crippen LogP contribution in [0.25, 0.3) is 11.4 Å². The van der Waals surface area contributed by atoms with E-state index in [0.29, 0.717) is 30.2 Å². The summed E-state index contributed by atoms with van der Waals surface area (Å²) < 4.78 is 37.4. The number of hydrogen-bond acceptors (Lipinski definition) is 4. The fourth-order valence-corrected chi connectivity index (χ4v) is 2.36. The quantitative estimate of drug-likeness (QED) is 0.621. The zero-order chi connectivity index (χ0) is 18.4. The van der Waals surface area contributed by atoms with Crippen LogP contribution < -0.4 is 0 Å². The van der Waals surface area contributed by atoms with Crippen molar-refractivity contribution < 1.29 is 18.3 Å². The number of benzene rings is 1. The first-order valence-corrected chi connectivity index (χ1v) is 8.34. The van der Waals surface area contributed by atoms with E-state index in [1.807, 2.05) is 0 Å². The van der Waals surface area contributed by atoms with Crippen molar-refractivity contribution in [3.8, 4) is 23.2 Å². The Morgan fingerprint density at radius 2 is 1.88 bits per heavy atom. The number of nitrogens with zero attached hydrogens (tertiary/aromatic N) is 2. The van der Waals surface area contributed by atoms with Crippen LogP contribution in [0.5, 0.6) is 0 Å². The molecule has 1 saturated heterocycles. The minimum Gasteiger partial charge on any atom is -0.341 e. The molecule has 0 amide bonds. The second-order valence-electron chi connectivity index (χ2n) is 5.79. The van der Waals surface area contributed by atoms with Crippen molar-refractivity contribution in [2.75, 3.05) is 13.2 Å². The molecule has 0 radical (unpaired) electrons. The molecule has 0 unspecified atom stereocenters. The average Bonchev–Trinajstić information content (AvgIpc) is 2.68. The normalized spacial score (nSPS) is 20.0. The summed E-state index contributed by atoms with van der Waals surface area (Å²) in [5, 5.41) is 0. The van der Waals surface area contributed by atoms with Gasteiger partial charge in [0.2, 0.25) is 6.29 Å². The van der Waals surface area contributed by atoms with Crippen LogP contribution in [-0.2, 0) is 9.47 Å². The van der Waals surface area contributed by atoms with Crippen molar-refractivity contribution in [2.45, 2.75) is 19.6 Å². The van der Waals surface area contributed by atoms with Crippen molar-refractivity contribution in [2.24, 2.45) is 5.92 Å². The van der Waals surface area contributed by atoms with E-state index in [0.717, 1.165) is 18.6 Å². The monoisotopic (exact) mass is 356 g/mol. The molecule has 1 aromatic heterocycles. The Hall–Kier alpha value is -2.62. The molecule has 4 nitrogen and oxygen atoms in total. The zero-order valence-corrected chi connectivity index (χ0v) is 14.3. The second kappa shape index (κ2) is 8.65. The Kier molecular flexibility index (Phi) is 6.05. The first-order chi connectivity index (χ1) is 12.7. The summed E-state index contributed by atoms with van der Waals surface area (Å²) in [6.45, 7) is 3.22. The molecule has 2 aromatic rings. The summed E-state index contributed by atoms with van der Waals surface area (Å²) in [7, 11) is 0.